The summed E-state index contributed by atoms with van der Waals surface area (Å²) in [5, 5.41) is 20.0. The summed E-state index contributed by atoms with van der Waals surface area (Å²) in [6.07, 6.45) is 3.51. The molecule has 4 rings (SSSR count). The molecular weight excluding hydrogens is 468 g/mol. The third-order valence-corrected chi connectivity index (χ3v) is 7.62. The maximum Gasteiger partial charge on any atom is 0.455 e. The first-order valence-corrected chi connectivity index (χ1v) is 12.4. The molecule has 0 unspecified atom stereocenters. The first-order chi connectivity index (χ1) is 17.2. The first kappa shape index (κ1) is 26.1. The smallest absolute Gasteiger partial charge is 0.455 e. The highest BCUT2D eigenvalue weighted by molar-refractivity contribution is 6.43. The molecule has 3 aliphatic rings. The average Bonchev–Trinajstić information content (AvgIpc) is 3.12. The van der Waals surface area contributed by atoms with Crippen LogP contribution in [-0.2, 0) is 19.0 Å². The van der Waals surface area contributed by atoms with E-state index in [0.717, 1.165) is 23.8 Å². The van der Waals surface area contributed by atoms with Crippen LogP contribution < -0.4 is 0 Å². The van der Waals surface area contributed by atoms with Gasteiger partial charge in [-0.05, 0) is 67.6 Å². The molecule has 2 aliphatic heterocycles. The summed E-state index contributed by atoms with van der Waals surface area (Å²) in [6.45, 7) is 3.98. The number of allylic oxidation sites excluding steroid dienone is 2. The number of halogens is 1. The number of methoxy groups -OCH3 is 1. The minimum Gasteiger partial charge on any atom is -0.505 e. The van der Waals surface area contributed by atoms with Gasteiger partial charge in [-0.1, -0.05) is 37.1 Å². The highest BCUT2D eigenvalue weighted by Gasteiger charge is 2.58. The molecule has 0 spiro atoms. The van der Waals surface area contributed by atoms with Gasteiger partial charge in [-0.25, -0.2) is 9.18 Å². The van der Waals surface area contributed by atoms with E-state index in [0.29, 0.717) is 42.6 Å². The number of hydrogen-bond donors (Lipinski definition) is 2. The number of benzene rings is 1. The minimum atomic E-state index is -1.10. The normalized spacial score (nSPS) is 26.3. The van der Waals surface area contributed by atoms with Gasteiger partial charge in [0.25, 0.3) is 0 Å². The Kier molecular flexibility index (Phi) is 7.66. The second-order valence-corrected chi connectivity index (χ2v) is 9.56. The van der Waals surface area contributed by atoms with Crippen molar-refractivity contribution < 1.29 is 38.3 Å². The van der Waals surface area contributed by atoms with E-state index in [4.69, 9.17) is 4.65 Å². The molecule has 4 atom stereocenters. The van der Waals surface area contributed by atoms with Gasteiger partial charge in [0.05, 0.1) is 25.0 Å². The van der Waals surface area contributed by atoms with Crippen LogP contribution in [0.25, 0.3) is 6.08 Å². The quantitative estimate of drug-likeness (QED) is 0.345. The highest BCUT2D eigenvalue weighted by Crippen LogP contribution is 2.51. The predicted molar refractivity (Wildman–Crippen MR) is 130 cm³/mol. The Morgan fingerprint density at radius 2 is 2.03 bits per heavy atom. The molecule has 8 nitrogen and oxygen atoms in total. The van der Waals surface area contributed by atoms with Gasteiger partial charge in [0.1, 0.15) is 0 Å². The summed E-state index contributed by atoms with van der Waals surface area (Å²) >= 11 is 0. The van der Waals surface area contributed by atoms with Gasteiger partial charge in [-0.15, -0.1) is 0 Å². The molecule has 0 saturated carbocycles. The van der Waals surface area contributed by atoms with Crippen LogP contribution >= 0.6 is 0 Å². The van der Waals surface area contributed by atoms with E-state index in [2.05, 4.69) is 4.74 Å². The summed E-state index contributed by atoms with van der Waals surface area (Å²) < 4.78 is 24.4. The lowest BCUT2D eigenvalue weighted by molar-refractivity contribution is -0.137. The third-order valence-electron chi connectivity index (χ3n) is 7.62. The molecule has 36 heavy (non-hydrogen) atoms. The van der Waals surface area contributed by atoms with Crippen molar-refractivity contribution in [3.8, 4) is 5.75 Å². The summed E-state index contributed by atoms with van der Waals surface area (Å²) in [4.78, 5) is 38.9. The Balaban J connectivity index is 1.60. The topological polar surface area (TPSA) is 113 Å². The van der Waals surface area contributed by atoms with Crippen molar-refractivity contribution in [2.75, 3.05) is 7.11 Å². The van der Waals surface area contributed by atoms with Crippen LogP contribution in [0.5, 0.6) is 5.75 Å². The third kappa shape index (κ3) is 4.71. The molecule has 1 aromatic carbocycles. The summed E-state index contributed by atoms with van der Waals surface area (Å²) in [5.41, 5.74) is 3.64. The molecule has 0 aromatic heterocycles. The van der Waals surface area contributed by atoms with Gasteiger partial charge < -0.3 is 19.5 Å². The number of phenols is 1. The Hall–Kier alpha value is -2.98. The zero-order valence-electron chi connectivity index (χ0n) is 20.7. The fraction of sp³-hybridized carbons (Fsp3) is 0.500. The van der Waals surface area contributed by atoms with E-state index in [-0.39, 0.29) is 6.32 Å². The Labute approximate surface area is 209 Å². The number of imide groups is 3. The number of rotatable bonds is 6. The van der Waals surface area contributed by atoms with Crippen LogP contribution in [0, 0.1) is 23.6 Å². The number of amides is 3. The number of carbonyl (C=O) groups excluding carboxylic acids is 3. The summed E-state index contributed by atoms with van der Waals surface area (Å²) in [5.74, 6) is -4.00. The minimum absolute atomic E-state index is 0.174. The van der Waals surface area contributed by atoms with Crippen molar-refractivity contribution in [2.45, 2.75) is 58.4 Å². The van der Waals surface area contributed by atoms with Gasteiger partial charge in [-0.2, -0.15) is 4.90 Å². The first-order valence-electron chi connectivity index (χ1n) is 12.4. The molecule has 0 bridgehead atoms. The van der Waals surface area contributed by atoms with Gasteiger partial charge in [0, 0.05) is 0 Å². The number of hydrogen-bond acceptors (Lipinski definition) is 7. The Morgan fingerprint density at radius 3 is 2.67 bits per heavy atom. The van der Waals surface area contributed by atoms with E-state index < -0.39 is 60.5 Å². The van der Waals surface area contributed by atoms with Crippen LogP contribution in [0.4, 0.5) is 9.18 Å². The largest absolute Gasteiger partial charge is 0.505 e. The fourth-order valence-electron chi connectivity index (χ4n) is 5.89. The molecule has 2 heterocycles. The zero-order chi connectivity index (χ0) is 26.1. The Morgan fingerprint density at radius 1 is 1.28 bits per heavy atom. The lowest BCUT2D eigenvalue weighted by Gasteiger charge is -2.43. The average molecular weight is 499 g/mol. The van der Waals surface area contributed by atoms with E-state index in [1.54, 1.807) is 6.07 Å². The van der Waals surface area contributed by atoms with Crippen LogP contribution in [0.15, 0.2) is 34.9 Å². The fourth-order valence-corrected chi connectivity index (χ4v) is 5.89. The van der Waals surface area contributed by atoms with Crippen molar-refractivity contribution >= 4 is 31.1 Å². The van der Waals surface area contributed by atoms with E-state index >= 15 is 0 Å². The maximum atomic E-state index is 13.8. The predicted octanol–water partition coefficient (Wildman–Crippen LogP) is 4.08. The number of phenolic OH excluding ortho intramolecular Hbond substituents is 1. The number of aromatic hydroxyl groups is 1. The lowest BCUT2D eigenvalue weighted by atomic mass is 9.58. The molecule has 10 heteroatoms. The van der Waals surface area contributed by atoms with Crippen molar-refractivity contribution in [3.05, 3.63) is 46.3 Å². The number of nitrogens with zero attached hydrogens (tertiary/aromatic N) is 1. The molecule has 1 aromatic rings. The van der Waals surface area contributed by atoms with Crippen molar-refractivity contribution in [2.24, 2.45) is 17.8 Å². The molecule has 2 fully saturated rings. The van der Waals surface area contributed by atoms with Gasteiger partial charge in [-0.3, -0.25) is 9.59 Å². The molecule has 0 radical (unpaired) electrons. The van der Waals surface area contributed by atoms with E-state index in [1.165, 1.54) is 12.1 Å². The second-order valence-electron chi connectivity index (χ2n) is 9.56. The number of carbonyl (C=O) groups is 3. The maximum absolute atomic E-state index is 13.8. The zero-order valence-corrected chi connectivity index (χ0v) is 20.7. The van der Waals surface area contributed by atoms with E-state index in [9.17, 15) is 28.9 Å². The highest BCUT2D eigenvalue weighted by atomic mass is 19.1. The standard InChI is InChI=1S/C26H31BFNO7/c1-4-14(10-15-6-8-20(30)19(28)11-15)7-9-21-22-16(5-2)12-17-23(18(22)13-27(34)36-21)25(32)29(24(17)31)26(33)35-3/h6,8,10-11,17-18,21,23,30,34H,4-5,7,9,12-13H2,1-3H3/b14-10+/t17-,18+,21-,23-/m1/s1. The SMILES string of the molecule is CCC1=C2[C@@H](CC/C(=C/c3ccc(O)c(F)c3)CC)OB(O)C[C@@H]2[C@@H]2C(=O)N(C(=O)OC)C(=O)[C@@H]2C1. The summed E-state index contributed by atoms with van der Waals surface area (Å²) in [6, 6.07) is 4.23. The number of likely N-dealkylation sites (tertiary alicyclic amines) is 1. The molecule has 2 N–H and O–H groups in total. The molecule has 2 saturated heterocycles. The summed E-state index contributed by atoms with van der Waals surface area (Å²) in [7, 11) is 0.0296. The van der Waals surface area contributed by atoms with Crippen molar-refractivity contribution in [1.29, 1.82) is 0 Å². The van der Waals surface area contributed by atoms with Crippen molar-refractivity contribution in [3.63, 3.8) is 0 Å². The number of fused-ring (bicyclic) bond motifs is 3. The van der Waals surface area contributed by atoms with Crippen LogP contribution in [0.1, 0.15) is 51.5 Å². The Bertz CT molecular complexity index is 1130. The molecular formula is C26H31BFNO7. The molecule has 192 valence electrons. The lowest BCUT2D eigenvalue weighted by Crippen LogP contribution is -2.46. The molecule has 1 aliphatic carbocycles. The van der Waals surface area contributed by atoms with Crippen molar-refractivity contribution in [1.82, 2.24) is 4.90 Å². The van der Waals surface area contributed by atoms with Gasteiger partial charge >= 0.3 is 13.2 Å². The van der Waals surface area contributed by atoms with Gasteiger partial charge in [0.15, 0.2) is 11.6 Å². The van der Waals surface area contributed by atoms with Gasteiger partial charge in [0.2, 0.25) is 11.8 Å². The van der Waals surface area contributed by atoms with Crippen LogP contribution in [0.3, 0.4) is 0 Å². The molecule has 3 amide bonds. The van der Waals surface area contributed by atoms with E-state index in [1.807, 2.05) is 19.9 Å². The number of ether oxygens (including phenoxy) is 1. The van der Waals surface area contributed by atoms with Crippen LogP contribution in [-0.4, -0.2) is 53.3 Å². The monoisotopic (exact) mass is 499 g/mol. The van der Waals surface area contributed by atoms with Crippen LogP contribution in [0.2, 0.25) is 6.32 Å². The second kappa shape index (κ2) is 10.6.